The first kappa shape index (κ1) is 15.6. The summed E-state index contributed by atoms with van der Waals surface area (Å²) in [5.74, 6) is -2.70. The van der Waals surface area contributed by atoms with Crippen molar-refractivity contribution in [2.24, 2.45) is 5.41 Å². The summed E-state index contributed by atoms with van der Waals surface area (Å²) in [4.78, 5) is 1.66. The molecule has 0 aromatic heterocycles. The largest absolute Gasteiger partial charge is 0.395 e. The van der Waals surface area contributed by atoms with Crippen molar-refractivity contribution in [1.82, 2.24) is 4.90 Å². The average molecular weight is 288 g/mol. The number of likely N-dealkylation sites (tertiary alicyclic amines) is 1. The summed E-state index contributed by atoms with van der Waals surface area (Å²) in [6, 6.07) is 1.94. The number of aliphatic hydroxyl groups excluding tert-OH is 1. The van der Waals surface area contributed by atoms with Crippen LogP contribution in [0.2, 0.25) is 0 Å². The Hall–Kier alpha value is -0.770. The van der Waals surface area contributed by atoms with Gasteiger partial charge in [0, 0.05) is 25.7 Å². The summed E-state index contributed by atoms with van der Waals surface area (Å²) < 4.78 is 31.9. The Bertz CT molecular complexity index is 365. The lowest BCUT2D eigenvalue weighted by Gasteiger charge is -2.31. The first-order chi connectivity index (χ1) is 9.50. The van der Waals surface area contributed by atoms with Gasteiger partial charge >= 0.3 is 0 Å². The van der Waals surface area contributed by atoms with Crippen LogP contribution in [0.15, 0.2) is 0 Å². The SMILES string of the molecule is N#CC1(CCCN2CC(F)(F)CC2CO)CCOCC1. The molecule has 1 unspecified atom stereocenters. The smallest absolute Gasteiger partial charge is 0.262 e. The van der Waals surface area contributed by atoms with Gasteiger partial charge in [-0.25, -0.2) is 8.78 Å². The number of hydrogen-bond acceptors (Lipinski definition) is 4. The van der Waals surface area contributed by atoms with Crippen LogP contribution >= 0.6 is 0 Å². The second-order valence-corrected chi connectivity index (χ2v) is 5.98. The zero-order valence-electron chi connectivity index (χ0n) is 11.7. The van der Waals surface area contributed by atoms with E-state index in [1.807, 2.05) is 0 Å². The summed E-state index contributed by atoms with van der Waals surface area (Å²) in [6.45, 7) is 1.22. The molecule has 114 valence electrons. The van der Waals surface area contributed by atoms with E-state index in [0.29, 0.717) is 32.6 Å². The van der Waals surface area contributed by atoms with Crippen molar-refractivity contribution in [2.75, 3.05) is 32.9 Å². The maximum absolute atomic E-state index is 13.3. The highest BCUT2D eigenvalue weighted by Crippen LogP contribution is 2.36. The molecule has 2 heterocycles. The summed E-state index contributed by atoms with van der Waals surface area (Å²) in [5.41, 5.74) is -0.352. The number of nitrogens with zero attached hydrogens (tertiary/aromatic N) is 2. The molecule has 20 heavy (non-hydrogen) atoms. The number of rotatable bonds is 5. The highest BCUT2D eigenvalue weighted by Gasteiger charge is 2.44. The summed E-state index contributed by atoms with van der Waals surface area (Å²) in [6.07, 6.45) is 2.61. The molecule has 0 aromatic rings. The second kappa shape index (κ2) is 6.33. The monoisotopic (exact) mass is 288 g/mol. The van der Waals surface area contributed by atoms with Gasteiger partial charge < -0.3 is 9.84 Å². The van der Waals surface area contributed by atoms with Gasteiger partial charge in [-0.1, -0.05) is 0 Å². The molecule has 0 spiro atoms. The third-order valence-electron chi connectivity index (χ3n) is 4.48. The molecule has 2 aliphatic heterocycles. The van der Waals surface area contributed by atoms with Crippen molar-refractivity contribution in [3.05, 3.63) is 0 Å². The van der Waals surface area contributed by atoms with Gasteiger partial charge in [-0.15, -0.1) is 0 Å². The Morgan fingerprint density at radius 1 is 1.35 bits per heavy atom. The highest BCUT2D eigenvalue weighted by atomic mass is 19.3. The van der Waals surface area contributed by atoms with Crippen LogP contribution in [-0.2, 0) is 4.74 Å². The van der Waals surface area contributed by atoms with Crippen LogP contribution in [-0.4, -0.2) is 54.9 Å². The second-order valence-electron chi connectivity index (χ2n) is 5.98. The highest BCUT2D eigenvalue weighted by molar-refractivity contribution is 5.00. The maximum Gasteiger partial charge on any atom is 0.262 e. The minimum atomic E-state index is -2.70. The topological polar surface area (TPSA) is 56.5 Å². The number of ether oxygens (including phenoxy) is 1. The van der Waals surface area contributed by atoms with Crippen LogP contribution in [0.4, 0.5) is 8.78 Å². The predicted molar refractivity (Wildman–Crippen MR) is 69.3 cm³/mol. The van der Waals surface area contributed by atoms with Crippen LogP contribution in [0.1, 0.15) is 32.1 Å². The fraction of sp³-hybridized carbons (Fsp3) is 0.929. The van der Waals surface area contributed by atoms with E-state index in [9.17, 15) is 14.0 Å². The van der Waals surface area contributed by atoms with Gasteiger partial charge in [0.1, 0.15) is 0 Å². The molecule has 1 N–H and O–H groups in total. The van der Waals surface area contributed by atoms with E-state index in [1.54, 1.807) is 4.90 Å². The van der Waals surface area contributed by atoms with E-state index < -0.39 is 12.0 Å². The van der Waals surface area contributed by atoms with Gasteiger partial charge in [0.2, 0.25) is 0 Å². The number of hydrogen-bond donors (Lipinski definition) is 1. The van der Waals surface area contributed by atoms with Crippen molar-refractivity contribution >= 4 is 0 Å². The Labute approximate surface area is 118 Å². The van der Waals surface area contributed by atoms with Crippen LogP contribution in [0.25, 0.3) is 0 Å². The molecule has 0 bridgehead atoms. The van der Waals surface area contributed by atoms with Crippen molar-refractivity contribution in [3.8, 4) is 6.07 Å². The lowest BCUT2D eigenvalue weighted by Crippen LogP contribution is -2.35. The molecule has 0 radical (unpaired) electrons. The molecule has 1 atom stereocenters. The lowest BCUT2D eigenvalue weighted by molar-refractivity contribution is 0.0108. The minimum Gasteiger partial charge on any atom is -0.395 e. The Kier molecular flexibility index (Phi) is 4.95. The van der Waals surface area contributed by atoms with Gasteiger partial charge in [0.05, 0.1) is 24.6 Å². The summed E-state index contributed by atoms with van der Waals surface area (Å²) >= 11 is 0. The lowest BCUT2D eigenvalue weighted by atomic mass is 9.78. The van der Waals surface area contributed by atoms with E-state index in [2.05, 4.69) is 6.07 Å². The van der Waals surface area contributed by atoms with E-state index in [4.69, 9.17) is 9.84 Å². The Morgan fingerprint density at radius 3 is 2.65 bits per heavy atom. The number of alkyl halides is 2. The fourth-order valence-corrected chi connectivity index (χ4v) is 3.21. The van der Waals surface area contributed by atoms with Gasteiger partial charge in [-0.3, -0.25) is 4.90 Å². The number of halogens is 2. The van der Waals surface area contributed by atoms with Gasteiger partial charge in [-0.2, -0.15) is 5.26 Å². The fourth-order valence-electron chi connectivity index (χ4n) is 3.21. The quantitative estimate of drug-likeness (QED) is 0.838. The van der Waals surface area contributed by atoms with E-state index >= 15 is 0 Å². The first-order valence-corrected chi connectivity index (χ1v) is 7.22. The Balaban J connectivity index is 1.81. The van der Waals surface area contributed by atoms with Gasteiger partial charge in [0.25, 0.3) is 5.92 Å². The van der Waals surface area contributed by atoms with Crippen molar-refractivity contribution in [2.45, 2.75) is 44.1 Å². The van der Waals surface area contributed by atoms with Crippen LogP contribution in [0.3, 0.4) is 0 Å². The predicted octanol–water partition coefficient (Wildman–Crippen LogP) is 1.79. The summed E-state index contributed by atoms with van der Waals surface area (Å²) in [5, 5.41) is 18.5. The molecule has 0 aromatic carbocycles. The van der Waals surface area contributed by atoms with Crippen molar-refractivity contribution in [3.63, 3.8) is 0 Å². The van der Waals surface area contributed by atoms with E-state index in [1.165, 1.54) is 0 Å². The zero-order valence-corrected chi connectivity index (χ0v) is 11.7. The zero-order chi connectivity index (χ0) is 14.6. The molecular weight excluding hydrogens is 266 g/mol. The third kappa shape index (κ3) is 3.66. The third-order valence-corrected chi connectivity index (χ3v) is 4.48. The summed E-state index contributed by atoms with van der Waals surface area (Å²) in [7, 11) is 0. The first-order valence-electron chi connectivity index (χ1n) is 7.22. The standard InChI is InChI=1S/C14H22F2N2O2/c15-14(16)8-12(9-19)18(11-14)5-1-2-13(10-17)3-6-20-7-4-13/h12,19H,1-9,11H2. The van der Waals surface area contributed by atoms with Crippen molar-refractivity contribution < 1.29 is 18.6 Å². The number of aliphatic hydroxyl groups is 1. The molecule has 2 aliphatic rings. The minimum absolute atomic E-state index is 0.229. The molecule has 2 saturated heterocycles. The molecule has 0 saturated carbocycles. The van der Waals surface area contributed by atoms with E-state index in [-0.39, 0.29) is 25.0 Å². The van der Waals surface area contributed by atoms with Crippen LogP contribution in [0, 0.1) is 16.7 Å². The normalized spacial score (nSPS) is 29.2. The molecule has 4 nitrogen and oxygen atoms in total. The van der Waals surface area contributed by atoms with Gasteiger partial charge in [0.15, 0.2) is 0 Å². The maximum atomic E-state index is 13.3. The average Bonchev–Trinajstić information content (AvgIpc) is 2.74. The Morgan fingerprint density at radius 2 is 2.05 bits per heavy atom. The molecular formula is C14H22F2N2O2. The molecule has 0 amide bonds. The molecule has 2 rings (SSSR count). The van der Waals surface area contributed by atoms with Crippen LogP contribution in [0.5, 0.6) is 0 Å². The number of nitriles is 1. The molecule has 0 aliphatic carbocycles. The van der Waals surface area contributed by atoms with Gasteiger partial charge in [-0.05, 0) is 32.2 Å². The van der Waals surface area contributed by atoms with E-state index in [0.717, 1.165) is 12.8 Å². The molecule has 6 heteroatoms. The van der Waals surface area contributed by atoms with Crippen molar-refractivity contribution in [1.29, 1.82) is 5.26 Å². The molecule has 2 fully saturated rings. The van der Waals surface area contributed by atoms with Crippen LogP contribution < -0.4 is 0 Å².